The van der Waals surface area contributed by atoms with Crippen LogP contribution >= 0.6 is 0 Å². The number of piperidine rings is 1. The van der Waals surface area contributed by atoms with E-state index in [1.54, 1.807) is 56.5 Å². The number of ether oxygens (including phenoxy) is 3. The quantitative estimate of drug-likeness (QED) is 0.508. The molecule has 8 nitrogen and oxygen atoms in total. The van der Waals surface area contributed by atoms with Gasteiger partial charge in [-0.05, 0) is 42.8 Å². The molecule has 1 fully saturated rings. The topological polar surface area (TPSA) is 81.2 Å². The number of methoxy groups -OCH3 is 3. The Bertz CT molecular complexity index is 1200. The number of hydrogen-bond acceptors (Lipinski definition) is 6. The van der Waals surface area contributed by atoms with E-state index in [9.17, 15) is 9.59 Å². The minimum absolute atomic E-state index is 0.0581. The normalized spacial score (nSPS) is 17.6. The molecule has 1 saturated heterocycles. The van der Waals surface area contributed by atoms with Gasteiger partial charge in [-0.1, -0.05) is 24.3 Å². The molecule has 0 radical (unpaired) electrons. The number of carbonyl (C=O) groups is 2. The van der Waals surface area contributed by atoms with Crippen molar-refractivity contribution < 1.29 is 23.8 Å². The molecule has 8 heteroatoms. The molecule has 0 saturated carbocycles. The van der Waals surface area contributed by atoms with Crippen molar-refractivity contribution in [3.05, 3.63) is 72.3 Å². The van der Waals surface area contributed by atoms with Crippen LogP contribution in [-0.4, -0.2) is 45.2 Å². The maximum Gasteiger partial charge on any atom is 0.233 e. The number of benzene rings is 2. The Balaban J connectivity index is 1.79. The highest BCUT2D eigenvalue weighted by Gasteiger charge is 2.44. The fraction of sp³-hybridized carbons (Fsp3) is 0.296. The molecular formula is C27H29N3O5. The number of aromatic nitrogens is 1. The molecule has 0 unspecified atom stereocenters. The average molecular weight is 476 g/mol. The number of carbonyl (C=O) groups excluding carboxylic acids is 2. The van der Waals surface area contributed by atoms with Gasteiger partial charge in [-0.2, -0.15) is 4.98 Å². The van der Waals surface area contributed by atoms with Crippen LogP contribution in [0.4, 0.5) is 11.5 Å². The Labute approximate surface area is 205 Å². The number of rotatable bonds is 7. The minimum Gasteiger partial charge on any atom is -0.497 e. The molecule has 1 aliphatic heterocycles. The van der Waals surface area contributed by atoms with Gasteiger partial charge in [0.05, 0.1) is 33.3 Å². The van der Waals surface area contributed by atoms with Crippen LogP contribution in [0.3, 0.4) is 0 Å². The third-order valence-electron chi connectivity index (χ3n) is 6.31. The zero-order valence-electron chi connectivity index (χ0n) is 20.3. The molecule has 0 aliphatic carbocycles. The second-order valence-electron chi connectivity index (χ2n) is 8.23. The van der Waals surface area contributed by atoms with Crippen LogP contribution in [0.25, 0.3) is 0 Å². The van der Waals surface area contributed by atoms with Gasteiger partial charge in [0.25, 0.3) is 0 Å². The van der Waals surface area contributed by atoms with E-state index < -0.39 is 12.0 Å². The summed E-state index contributed by atoms with van der Waals surface area (Å²) in [4.78, 5) is 34.9. The van der Waals surface area contributed by atoms with E-state index in [0.717, 1.165) is 5.56 Å². The van der Waals surface area contributed by atoms with Crippen molar-refractivity contribution in [2.75, 3.05) is 38.2 Å². The lowest BCUT2D eigenvalue weighted by atomic mass is 9.82. The molecule has 4 rings (SSSR count). The highest BCUT2D eigenvalue weighted by Crippen LogP contribution is 2.44. The summed E-state index contributed by atoms with van der Waals surface area (Å²) in [5.74, 6) is 1.46. The molecule has 0 bridgehead atoms. The second kappa shape index (κ2) is 10.5. The zero-order chi connectivity index (χ0) is 24.9. The molecule has 0 N–H and O–H groups in total. The summed E-state index contributed by atoms with van der Waals surface area (Å²) in [5, 5.41) is 0. The van der Waals surface area contributed by atoms with Crippen molar-refractivity contribution in [1.82, 2.24) is 4.98 Å². The van der Waals surface area contributed by atoms with Gasteiger partial charge in [-0.3, -0.25) is 14.5 Å². The Morgan fingerprint density at radius 3 is 2.37 bits per heavy atom. The van der Waals surface area contributed by atoms with E-state index in [1.165, 1.54) is 12.0 Å². The largest absolute Gasteiger partial charge is 0.497 e. The van der Waals surface area contributed by atoms with E-state index in [1.807, 2.05) is 36.4 Å². The number of pyridine rings is 1. The molecule has 3 aromatic rings. The molecule has 0 spiro atoms. The van der Waals surface area contributed by atoms with Crippen LogP contribution < -0.4 is 24.0 Å². The first kappa shape index (κ1) is 24.1. The van der Waals surface area contributed by atoms with Crippen LogP contribution in [0.1, 0.15) is 24.4 Å². The molecule has 1 aromatic heterocycles. The minimum atomic E-state index is -0.568. The first-order valence-electron chi connectivity index (χ1n) is 11.4. The molecule has 2 amide bonds. The van der Waals surface area contributed by atoms with E-state index in [4.69, 9.17) is 14.2 Å². The average Bonchev–Trinajstić information content (AvgIpc) is 2.92. The highest BCUT2D eigenvalue weighted by atomic mass is 16.5. The van der Waals surface area contributed by atoms with Gasteiger partial charge < -0.3 is 19.1 Å². The van der Waals surface area contributed by atoms with Gasteiger partial charge in [0, 0.05) is 30.8 Å². The lowest BCUT2D eigenvalue weighted by molar-refractivity contribution is -0.127. The van der Waals surface area contributed by atoms with E-state index >= 15 is 0 Å². The fourth-order valence-corrected chi connectivity index (χ4v) is 4.53. The molecule has 1 aliphatic rings. The summed E-state index contributed by atoms with van der Waals surface area (Å²) in [6, 6.07) is 19.5. The summed E-state index contributed by atoms with van der Waals surface area (Å²) in [7, 11) is 6.41. The van der Waals surface area contributed by atoms with Crippen LogP contribution in [0.5, 0.6) is 17.4 Å². The van der Waals surface area contributed by atoms with Crippen molar-refractivity contribution >= 4 is 23.3 Å². The van der Waals surface area contributed by atoms with E-state index in [-0.39, 0.29) is 18.2 Å². The summed E-state index contributed by atoms with van der Waals surface area (Å²) in [6.07, 6.45) is 0.648. The standard InChI is InChI=1S/C27H29N3O5/c1-29(23-10-7-11-24(28-23)35-4)27(32)21-16-17-25(31)30(18-12-14-19(33-2)15-13-18)26(21)20-8-5-6-9-22(20)34-3/h5-15,21,26H,16-17H2,1-4H3/t21-,26+/m1/s1. The molecule has 2 aromatic carbocycles. The molecule has 182 valence electrons. The van der Waals surface area contributed by atoms with Crippen molar-refractivity contribution in [2.24, 2.45) is 5.92 Å². The summed E-state index contributed by atoms with van der Waals surface area (Å²) >= 11 is 0. The number of anilines is 2. The lowest BCUT2D eigenvalue weighted by Gasteiger charge is -2.42. The Morgan fingerprint density at radius 1 is 0.943 bits per heavy atom. The number of nitrogens with zero attached hydrogens (tertiary/aromatic N) is 3. The number of hydrogen-bond donors (Lipinski definition) is 0. The van der Waals surface area contributed by atoms with Crippen molar-refractivity contribution in [1.29, 1.82) is 0 Å². The van der Waals surface area contributed by atoms with Gasteiger partial charge >= 0.3 is 0 Å². The summed E-state index contributed by atoms with van der Waals surface area (Å²) in [5.41, 5.74) is 1.45. The molecule has 2 atom stereocenters. The van der Waals surface area contributed by atoms with Gasteiger partial charge in [0.15, 0.2) is 0 Å². The van der Waals surface area contributed by atoms with Gasteiger partial charge in [-0.25, -0.2) is 0 Å². The third-order valence-corrected chi connectivity index (χ3v) is 6.31. The number of amides is 2. The monoisotopic (exact) mass is 475 g/mol. The predicted molar refractivity (Wildman–Crippen MR) is 133 cm³/mol. The third kappa shape index (κ3) is 4.77. The Hall–Kier alpha value is -4.07. The predicted octanol–water partition coefficient (Wildman–Crippen LogP) is 4.25. The lowest BCUT2D eigenvalue weighted by Crippen LogP contribution is -2.49. The first-order valence-corrected chi connectivity index (χ1v) is 11.4. The van der Waals surface area contributed by atoms with Crippen LogP contribution in [0.15, 0.2) is 66.7 Å². The van der Waals surface area contributed by atoms with Gasteiger partial charge in [0.2, 0.25) is 17.7 Å². The van der Waals surface area contributed by atoms with Crippen LogP contribution in [-0.2, 0) is 9.59 Å². The first-order chi connectivity index (χ1) is 17.0. The second-order valence-corrected chi connectivity index (χ2v) is 8.23. The van der Waals surface area contributed by atoms with Crippen molar-refractivity contribution in [3.8, 4) is 17.4 Å². The fourth-order valence-electron chi connectivity index (χ4n) is 4.53. The van der Waals surface area contributed by atoms with Gasteiger partial charge in [0.1, 0.15) is 17.3 Å². The van der Waals surface area contributed by atoms with Crippen molar-refractivity contribution in [3.63, 3.8) is 0 Å². The van der Waals surface area contributed by atoms with E-state index in [2.05, 4.69) is 4.98 Å². The Kier molecular flexibility index (Phi) is 7.19. The van der Waals surface area contributed by atoms with Crippen molar-refractivity contribution in [2.45, 2.75) is 18.9 Å². The zero-order valence-corrected chi connectivity index (χ0v) is 20.3. The smallest absolute Gasteiger partial charge is 0.233 e. The SMILES string of the molecule is COc1ccc(N2C(=O)CC[C@@H](C(=O)N(C)c3cccc(OC)n3)[C@@H]2c2ccccc2OC)cc1. The maximum atomic E-state index is 13.9. The van der Waals surface area contributed by atoms with Crippen LogP contribution in [0.2, 0.25) is 0 Å². The summed E-state index contributed by atoms with van der Waals surface area (Å²) < 4.78 is 16.2. The summed E-state index contributed by atoms with van der Waals surface area (Å²) in [6.45, 7) is 0. The molecule has 2 heterocycles. The molecular weight excluding hydrogens is 446 g/mol. The van der Waals surface area contributed by atoms with Crippen LogP contribution in [0, 0.1) is 5.92 Å². The van der Waals surface area contributed by atoms with Gasteiger partial charge in [-0.15, -0.1) is 0 Å². The highest BCUT2D eigenvalue weighted by molar-refractivity contribution is 6.01. The number of para-hydroxylation sites is 1. The van der Waals surface area contributed by atoms with E-state index in [0.29, 0.717) is 35.3 Å². The maximum absolute atomic E-state index is 13.9. The Morgan fingerprint density at radius 2 is 1.69 bits per heavy atom. The molecule has 35 heavy (non-hydrogen) atoms.